The first-order chi connectivity index (χ1) is 10.4. The van der Waals surface area contributed by atoms with Gasteiger partial charge >= 0.3 is 6.18 Å². The number of halogens is 3. The van der Waals surface area contributed by atoms with Crippen LogP contribution in [0.5, 0.6) is 0 Å². The third kappa shape index (κ3) is 3.71. The number of nitrogens with two attached hydrogens (primary N) is 1. The summed E-state index contributed by atoms with van der Waals surface area (Å²) in [5.74, 6) is 0.128. The summed E-state index contributed by atoms with van der Waals surface area (Å²) < 4.78 is 39.2. The predicted molar refractivity (Wildman–Crippen MR) is 75.1 cm³/mol. The first kappa shape index (κ1) is 16.2. The number of alkyl halides is 3. The molecule has 1 unspecified atom stereocenters. The van der Waals surface area contributed by atoms with Gasteiger partial charge in [0, 0.05) is 18.7 Å². The van der Waals surface area contributed by atoms with Gasteiger partial charge in [-0.25, -0.2) is 0 Å². The summed E-state index contributed by atoms with van der Waals surface area (Å²) in [4.78, 5) is 0. The second-order valence-corrected chi connectivity index (χ2v) is 4.56. The van der Waals surface area contributed by atoms with Crippen molar-refractivity contribution in [2.45, 2.75) is 12.3 Å². The number of hydrogen-bond acceptors (Lipinski definition) is 5. The van der Waals surface area contributed by atoms with Gasteiger partial charge in [0.1, 0.15) is 11.9 Å². The van der Waals surface area contributed by atoms with Crippen LogP contribution in [0.15, 0.2) is 36.4 Å². The number of rotatable bonds is 5. The molecule has 8 heteroatoms. The Bertz CT molecular complexity index is 619. The fourth-order valence-corrected chi connectivity index (χ4v) is 1.94. The van der Waals surface area contributed by atoms with Crippen LogP contribution >= 0.6 is 0 Å². The molecule has 0 bridgehead atoms. The minimum absolute atomic E-state index is 0.128. The Balaban J connectivity index is 2.45. The van der Waals surface area contributed by atoms with E-state index in [2.05, 4.69) is 15.5 Å². The first-order valence-electron chi connectivity index (χ1n) is 6.55. The Morgan fingerprint density at radius 3 is 2.45 bits per heavy atom. The molecule has 1 aromatic carbocycles. The number of aliphatic hydroxyl groups excluding tert-OH is 1. The maximum Gasteiger partial charge on any atom is 0.435 e. The summed E-state index contributed by atoms with van der Waals surface area (Å²) in [6, 6.07) is 9.20. The van der Waals surface area contributed by atoms with Crippen molar-refractivity contribution >= 4 is 5.82 Å². The van der Waals surface area contributed by atoms with Crippen LogP contribution in [0.1, 0.15) is 22.9 Å². The molecule has 0 spiro atoms. The first-order valence-corrected chi connectivity index (χ1v) is 6.55. The normalized spacial score (nSPS) is 13.0. The van der Waals surface area contributed by atoms with Crippen molar-refractivity contribution in [3.8, 4) is 0 Å². The average molecular weight is 312 g/mol. The van der Waals surface area contributed by atoms with Gasteiger partial charge in [0.05, 0.1) is 0 Å². The SMILES string of the molecule is NCCNc1cc(C(O)c2ccccc2)c(C(F)(F)F)nn1. The minimum Gasteiger partial charge on any atom is -0.384 e. The lowest BCUT2D eigenvalue weighted by atomic mass is 10.0. The number of nitrogens with zero attached hydrogens (tertiary/aromatic N) is 2. The molecule has 0 saturated carbocycles. The Morgan fingerprint density at radius 2 is 1.86 bits per heavy atom. The molecule has 0 aliphatic rings. The molecular formula is C14H15F3N4O. The number of nitrogens with one attached hydrogen (secondary N) is 1. The zero-order valence-electron chi connectivity index (χ0n) is 11.5. The zero-order chi connectivity index (χ0) is 16.2. The summed E-state index contributed by atoms with van der Waals surface area (Å²) in [6.07, 6.45) is -6.16. The van der Waals surface area contributed by atoms with Gasteiger partial charge in [-0.05, 0) is 11.6 Å². The fraction of sp³-hybridized carbons (Fsp3) is 0.286. The number of hydrogen-bond donors (Lipinski definition) is 3. The van der Waals surface area contributed by atoms with E-state index in [1.165, 1.54) is 12.1 Å². The van der Waals surface area contributed by atoms with E-state index in [9.17, 15) is 18.3 Å². The molecule has 1 atom stereocenters. The number of benzene rings is 1. The van der Waals surface area contributed by atoms with E-state index in [-0.39, 0.29) is 11.4 Å². The summed E-state index contributed by atoms with van der Waals surface area (Å²) in [5.41, 5.74) is 4.10. The van der Waals surface area contributed by atoms with E-state index in [4.69, 9.17) is 5.73 Å². The quantitative estimate of drug-likeness (QED) is 0.786. The fourth-order valence-electron chi connectivity index (χ4n) is 1.94. The van der Waals surface area contributed by atoms with Crippen LogP contribution in [0.25, 0.3) is 0 Å². The highest BCUT2D eigenvalue weighted by molar-refractivity contribution is 5.43. The van der Waals surface area contributed by atoms with Crippen molar-refractivity contribution in [2.24, 2.45) is 5.73 Å². The van der Waals surface area contributed by atoms with E-state index in [0.29, 0.717) is 18.7 Å². The number of aliphatic hydroxyl groups is 1. The van der Waals surface area contributed by atoms with Crippen molar-refractivity contribution < 1.29 is 18.3 Å². The minimum atomic E-state index is -4.70. The third-order valence-corrected chi connectivity index (χ3v) is 2.95. The van der Waals surface area contributed by atoms with Crippen molar-refractivity contribution in [3.05, 3.63) is 53.2 Å². The van der Waals surface area contributed by atoms with Crippen LogP contribution in [0.3, 0.4) is 0 Å². The van der Waals surface area contributed by atoms with Crippen LogP contribution in [0, 0.1) is 0 Å². The largest absolute Gasteiger partial charge is 0.435 e. The summed E-state index contributed by atoms with van der Waals surface area (Å²) >= 11 is 0. The van der Waals surface area contributed by atoms with E-state index in [0.717, 1.165) is 6.07 Å². The monoisotopic (exact) mass is 312 g/mol. The highest BCUT2D eigenvalue weighted by Crippen LogP contribution is 2.35. The maximum atomic E-state index is 13.1. The Morgan fingerprint density at radius 1 is 1.18 bits per heavy atom. The van der Waals surface area contributed by atoms with Gasteiger partial charge in [0.25, 0.3) is 0 Å². The summed E-state index contributed by atoms with van der Waals surface area (Å²) in [7, 11) is 0. The molecule has 22 heavy (non-hydrogen) atoms. The van der Waals surface area contributed by atoms with Crippen molar-refractivity contribution in [1.82, 2.24) is 10.2 Å². The highest BCUT2D eigenvalue weighted by Gasteiger charge is 2.38. The molecule has 1 aromatic heterocycles. The molecule has 2 rings (SSSR count). The topological polar surface area (TPSA) is 84.1 Å². The standard InChI is InChI=1S/C14H15F3N4O/c15-14(16,17)13-10(8-11(20-21-13)19-7-6-18)12(22)9-4-2-1-3-5-9/h1-5,8,12,22H,6-7,18H2,(H,19,20). The third-order valence-electron chi connectivity index (χ3n) is 2.95. The molecule has 118 valence electrons. The smallest absolute Gasteiger partial charge is 0.384 e. The highest BCUT2D eigenvalue weighted by atomic mass is 19.4. The molecular weight excluding hydrogens is 297 g/mol. The molecule has 0 aliphatic heterocycles. The number of anilines is 1. The lowest BCUT2D eigenvalue weighted by Gasteiger charge is -2.17. The van der Waals surface area contributed by atoms with Gasteiger partial charge in [-0.2, -0.15) is 13.2 Å². The van der Waals surface area contributed by atoms with E-state index < -0.39 is 18.0 Å². The summed E-state index contributed by atoms with van der Waals surface area (Å²) in [5, 5.41) is 19.7. The van der Waals surface area contributed by atoms with Crippen LogP contribution < -0.4 is 11.1 Å². The second kappa shape index (κ2) is 6.71. The van der Waals surface area contributed by atoms with E-state index in [1.54, 1.807) is 18.2 Å². The number of aromatic nitrogens is 2. The van der Waals surface area contributed by atoms with Gasteiger partial charge in [-0.15, -0.1) is 10.2 Å². The van der Waals surface area contributed by atoms with Gasteiger partial charge in [0.2, 0.25) is 0 Å². The van der Waals surface area contributed by atoms with Gasteiger partial charge < -0.3 is 16.2 Å². The molecule has 1 heterocycles. The van der Waals surface area contributed by atoms with Crippen LogP contribution in [-0.2, 0) is 6.18 Å². The Kier molecular flexibility index (Phi) is 4.94. The predicted octanol–water partition coefficient (Wildman–Crippen LogP) is 1.95. The molecule has 0 saturated heterocycles. The molecule has 2 aromatic rings. The molecule has 0 amide bonds. The molecule has 0 radical (unpaired) electrons. The Hall–Kier alpha value is -2.19. The van der Waals surface area contributed by atoms with Gasteiger partial charge in [0.15, 0.2) is 5.69 Å². The molecule has 0 fully saturated rings. The Labute approximate surface area is 125 Å². The van der Waals surface area contributed by atoms with Crippen LogP contribution in [0.4, 0.5) is 19.0 Å². The lowest BCUT2D eigenvalue weighted by molar-refractivity contribution is -0.143. The van der Waals surface area contributed by atoms with E-state index in [1.807, 2.05) is 0 Å². The summed E-state index contributed by atoms with van der Waals surface area (Å²) in [6.45, 7) is 0.625. The van der Waals surface area contributed by atoms with Gasteiger partial charge in [-0.3, -0.25) is 0 Å². The van der Waals surface area contributed by atoms with Gasteiger partial charge in [-0.1, -0.05) is 30.3 Å². The van der Waals surface area contributed by atoms with Crippen molar-refractivity contribution in [3.63, 3.8) is 0 Å². The van der Waals surface area contributed by atoms with Crippen molar-refractivity contribution in [2.75, 3.05) is 18.4 Å². The molecule has 5 nitrogen and oxygen atoms in total. The lowest BCUT2D eigenvalue weighted by Crippen LogP contribution is -2.19. The average Bonchev–Trinajstić information content (AvgIpc) is 2.52. The van der Waals surface area contributed by atoms with E-state index >= 15 is 0 Å². The molecule has 4 N–H and O–H groups in total. The maximum absolute atomic E-state index is 13.1. The second-order valence-electron chi connectivity index (χ2n) is 4.56. The van der Waals surface area contributed by atoms with Crippen molar-refractivity contribution in [1.29, 1.82) is 0 Å². The molecule has 0 aliphatic carbocycles. The van der Waals surface area contributed by atoms with Crippen LogP contribution in [0.2, 0.25) is 0 Å². The van der Waals surface area contributed by atoms with Crippen LogP contribution in [-0.4, -0.2) is 28.4 Å². The zero-order valence-corrected chi connectivity index (χ0v) is 11.5.